The van der Waals surface area contributed by atoms with E-state index in [4.69, 9.17) is 4.74 Å². The van der Waals surface area contributed by atoms with E-state index in [1.54, 1.807) is 7.11 Å². The third-order valence-electron chi connectivity index (χ3n) is 3.01. The fourth-order valence-electron chi connectivity index (χ4n) is 2.06. The van der Waals surface area contributed by atoms with Crippen molar-refractivity contribution in [3.8, 4) is 0 Å². The Kier molecular flexibility index (Phi) is 3.91. The van der Waals surface area contributed by atoms with Crippen molar-refractivity contribution in [2.45, 2.75) is 5.92 Å². The largest absolute Gasteiger partial charge is 0.383 e. The van der Waals surface area contributed by atoms with Gasteiger partial charge in [0.25, 0.3) is 0 Å². The quantitative estimate of drug-likeness (QED) is 0.773. The molecule has 0 amide bonds. The highest BCUT2D eigenvalue weighted by Crippen LogP contribution is 2.25. The lowest BCUT2D eigenvalue weighted by Gasteiger charge is -2.15. The minimum absolute atomic E-state index is 0.169. The molecule has 0 aliphatic carbocycles. The van der Waals surface area contributed by atoms with E-state index in [2.05, 4.69) is 11.3 Å². The molecule has 1 aromatic rings. The van der Waals surface area contributed by atoms with E-state index in [-0.39, 0.29) is 5.82 Å². The Hall–Kier alpha value is -0.930. The number of nitrogens with zero attached hydrogens (tertiary/aromatic N) is 1. The number of ether oxygens (including phenoxy) is 1. The maximum Gasteiger partial charge on any atom is 0.123 e. The first-order valence-electron chi connectivity index (χ1n) is 5.59. The lowest BCUT2D eigenvalue weighted by molar-refractivity contribution is 0.161. The molecule has 0 aromatic heterocycles. The van der Waals surface area contributed by atoms with Crippen LogP contribution < -0.4 is 0 Å². The number of benzene rings is 1. The van der Waals surface area contributed by atoms with Crippen molar-refractivity contribution in [1.82, 2.24) is 4.90 Å². The van der Waals surface area contributed by atoms with Crippen LogP contribution in [-0.2, 0) is 4.74 Å². The molecule has 1 aliphatic heterocycles. The van der Waals surface area contributed by atoms with Crippen LogP contribution in [0.15, 0.2) is 24.3 Å². The molecule has 1 heterocycles. The second-order valence-electron chi connectivity index (χ2n) is 4.15. The van der Waals surface area contributed by atoms with Crippen LogP contribution >= 0.6 is 0 Å². The van der Waals surface area contributed by atoms with E-state index in [1.165, 1.54) is 17.7 Å². The lowest BCUT2D eigenvalue weighted by atomic mass is 9.99. The first-order valence-corrected chi connectivity index (χ1v) is 5.59. The molecule has 1 fully saturated rings. The molecule has 87 valence electrons. The highest BCUT2D eigenvalue weighted by molar-refractivity contribution is 5.25. The lowest BCUT2D eigenvalue weighted by Crippen LogP contribution is -2.24. The Bertz CT molecular complexity index is 325. The summed E-state index contributed by atoms with van der Waals surface area (Å²) in [6, 6.07) is 6.80. The summed E-state index contributed by atoms with van der Waals surface area (Å²) < 4.78 is 17.8. The van der Waals surface area contributed by atoms with Gasteiger partial charge in [0.05, 0.1) is 6.61 Å². The van der Waals surface area contributed by atoms with E-state index >= 15 is 0 Å². The van der Waals surface area contributed by atoms with Gasteiger partial charge in [-0.15, -0.1) is 0 Å². The Labute approximate surface area is 96.0 Å². The van der Waals surface area contributed by atoms with E-state index in [9.17, 15) is 4.39 Å². The molecule has 16 heavy (non-hydrogen) atoms. The van der Waals surface area contributed by atoms with E-state index in [1.807, 2.05) is 12.1 Å². The second-order valence-corrected chi connectivity index (χ2v) is 4.15. The molecular formula is C13H17FNO. The van der Waals surface area contributed by atoms with E-state index < -0.39 is 0 Å². The molecule has 0 N–H and O–H groups in total. The van der Waals surface area contributed by atoms with Crippen LogP contribution in [0, 0.1) is 12.2 Å². The molecule has 0 bridgehead atoms. The first-order chi connectivity index (χ1) is 7.79. The minimum atomic E-state index is -0.169. The SMILES string of the molecule is COCCN1C[CH]C(c2ccc(F)cc2)C1. The minimum Gasteiger partial charge on any atom is -0.383 e. The molecule has 1 atom stereocenters. The predicted molar refractivity (Wildman–Crippen MR) is 61.8 cm³/mol. The Morgan fingerprint density at radius 1 is 1.38 bits per heavy atom. The van der Waals surface area contributed by atoms with Crippen LogP contribution in [0.4, 0.5) is 4.39 Å². The van der Waals surface area contributed by atoms with Crippen molar-refractivity contribution in [2.75, 3.05) is 33.4 Å². The standard InChI is InChI=1S/C13H17FNO/c1-16-9-8-15-7-6-12(10-15)11-2-4-13(14)5-3-11/h2-6,12H,7-10H2,1H3. The van der Waals surface area contributed by atoms with Crippen molar-refractivity contribution in [2.24, 2.45) is 0 Å². The van der Waals surface area contributed by atoms with Crippen LogP contribution in [0.25, 0.3) is 0 Å². The number of halogens is 1. The smallest absolute Gasteiger partial charge is 0.123 e. The fraction of sp³-hybridized carbons (Fsp3) is 0.462. The predicted octanol–water partition coefficient (Wildman–Crippen LogP) is 2.08. The van der Waals surface area contributed by atoms with E-state index in [0.29, 0.717) is 5.92 Å². The van der Waals surface area contributed by atoms with Crippen molar-refractivity contribution >= 4 is 0 Å². The van der Waals surface area contributed by atoms with E-state index in [0.717, 1.165) is 26.2 Å². The molecule has 0 spiro atoms. The van der Waals surface area contributed by atoms with Crippen LogP contribution in [-0.4, -0.2) is 38.3 Å². The third-order valence-corrected chi connectivity index (χ3v) is 3.01. The summed E-state index contributed by atoms with van der Waals surface area (Å²) in [5.41, 5.74) is 1.20. The highest BCUT2D eigenvalue weighted by atomic mass is 19.1. The molecule has 1 unspecified atom stereocenters. The maximum absolute atomic E-state index is 12.8. The summed E-state index contributed by atoms with van der Waals surface area (Å²) in [6.45, 7) is 3.73. The van der Waals surface area contributed by atoms with Crippen molar-refractivity contribution in [3.05, 3.63) is 42.1 Å². The molecule has 1 saturated heterocycles. The molecule has 1 aromatic carbocycles. The number of hydrogen-bond donors (Lipinski definition) is 0. The first kappa shape index (κ1) is 11.6. The Morgan fingerprint density at radius 2 is 2.12 bits per heavy atom. The summed E-state index contributed by atoms with van der Waals surface area (Å²) in [4.78, 5) is 2.34. The zero-order chi connectivity index (χ0) is 11.4. The number of likely N-dealkylation sites (tertiary alicyclic amines) is 1. The van der Waals surface area contributed by atoms with Gasteiger partial charge in [-0.3, -0.25) is 0 Å². The zero-order valence-corrected chi connectivity index (χ0v) is 9.53. The van der Waals surface area contributed by atoms with Crippen molar-refractivity contribution in [1.29, 1.82) is 0 Å². The van der Waals surface area contributed by atoms with Gasteiger partial charge in [0, 0.05) is 32.7 Å². The summed E-state index contributed by atoms with van der Waals surface area (Å²) in [6.07, 6.45) is 2.28. The van der Waals surface area contributed by atoms with Gasteiger partial charge < -0.3 is 9.64 Å². The third kappa shape index (κ3) is 2.80. The fourth-order valence-corrected chi connectivity index (χ4v) is 2.06. The van der Waals surface area contributed by atoms with Gasteiger partial charge >= 0.3 is 0 Å². The number of methoxy groups -OCH3 is 1. The summed E-state index contributed by atoms with van der Waals surface area (Å²) in [7, 11) is 1.72. The van der Waals surface area contributed by atoms with Gasteiger partial charge in [0.15, 0.2) is 0 Å². The molecule has 2 nitrogen and oxygen atoms in total. The van der Waals surface area contributed by atoms with Crippen molar-refractivity contribution in [3.63, 3.8) is 0 Å². The van der Waals surface area contributed by atoms with Gasteiger partial charge in [-0.2, -0.15) is 0 Å². The van der Waals surface area contributed by atoms with Crippen LogP contribution in [0.1, 0.15) is 11.5 Å². The molecule has 0 saturated carbocycles. The van der Waals surface area contributed by atoms with Gasteiger partial charge in [0.2, 0.25) is 0 Å². The second kappa shape index (κ2) is 5.41. The van der Waals surface area contributed by atoms with Crippen LogP contribution in [0.2, 0.25) is 0 Å². The topological polar surface area (TPSA) is 12.5 Å². The number of rotatable bonds is 4. The van der Waals surface area contributed by atoms with Crippen LogP contribution in [0.3, 0.4) is 0 Å². The van der Waals surface area contributed by atoms with Gasteiger partial charge in [-0.25, -0.2) is 4.39 Å². The zero-order valence-electron chi connectivity index (χ0n) is 9.53. The summed E-state index contributed by atoms with van der Waals surface area (Å²) in [5.74, 6) is 0.260. The molecule has 1 radical (unpaired) electrons. The normalized spacial score (nSPS) is 21.5. The average Bonchev–Trinajstić information content (AvgIpc) is 2.76. The molecule has 1 aliphatic rings. The molecule has 3 heteroatoms. The van der Waals surface area contributed by atoms with Crippen molar-refractivity contribution < 1.29 is 9.13 Å². The van der Waals surface area contributed by atoms with Crippen LogP contribution in [0.5, 0.6) is 0 Å². The number of hydrogen-bond acceptors (Lipinski definition) is 2. The Balaban J connectivity index is 1.90. The summed E-state index contributed by atoms with van der Waals surface area (Å²) in [5, 5.41) is 0. The maximum atomic E-state index is 12.8. The van der Waals surface area contributed by atoms with Gasteiger partial charge in [0.1, 0.15) is 5.82 Å². The average molecular weight is 222 g/mol. The molecule has 2 rings (SSSR count). The highest BCUT2D eigenvalue weighted by Gasteiger charge is 2.23. The summed E-state index contributed by atoms with van der Waals surface area (Å²) >= 11 is 0. The molecular weight excluding hydrogens is 205 g/mol. The monoisotopic (exact) mass is 222 g/mol. The Morgan fingerprint density at radius 3 is 2.81 bits per heavy atom. The van der Waals surface area contributed by atoms with Gasteiger partial charge in [-0.05, 0) is 24.1 Å². The van der Waals surface area contributed by atoms with Gasteiger partial charge in [-0.1, -0.05) is 12.1 Å².